The van der Waals surface area contributed by atoms with Crippen molar-refractivity contribution in [2.24, 2.45) is 23.7 Å². The molecule has 4 saturated carbocycles. The lowest BCUT2D eigenvalue weighted by molar-refractivity contribution is 0.510. The molecule has 8 heavy (non-hydrogen) atoms. The number of hydrogen-bond acceptors (Lipinski definition) is 0. The van der Waals surface area contributed by atoms with E-state index in [1.807, 2.05) is 0 Å². The van der Waals surface area contributed by atoms with Gasteiger partial charge in [-0.25, -0.2) is 0 Å². The van der Waals surface area contributed by atoms with E-state index in [1.54, 1.807) is 0 Å². The van der Waals surface area contributed by atoms with E-state index in [0.717, 1.165) is 23.7 Å². The van der Waals surface area contributed by atoms with Gasteiger partial charge < -0.3 is 0 Å². The first-order valence-corrected chi connectivity index (χ1v) is 3.59. The number of rotatable bonds is 0. The Morgan fingerprint density at radius 1 is 1.12 bits per heavy atom. The van der Waals surface area contributed by atoms with E-state index >= 15 is 0 Å². The van der Waals surface area contributed by atoms with Crippen LogP contribution in [0.1, 0.15) is 12.8 Å². The summed E-state index contributed by atoms with van der Waals surface area (Å²) in [4.78, 5) is 0. The van der Waals surface area contributed by atoms with Crippen LogP contribution >= 0.6 is 0 Å². The molecule has 4 aliphatic carbocycles. The van der Waals surface area contributed by atoms with Crippen molar-refractivity contribution in [3.63, 3.8) is 0 Å². The molecule has 0 saturated heterocycles. The van der Waals surface area contributed by atoms with Crippen LogP contribution < -0.4 is 5.73 Å². The predicted molar refractivity (Wildman–Crippen MR) is 30.1 cm³/mol. The number of hydrogen-bond donors (Lipinski definition) is 0. The maximum Gasteiger partial charge on any atom is 0.0275 e. The highest BCUT2D eigenvalue weighted by Gasteiger charge is 2.67. The molecule has 0 aromatic rings. The second-order valence-corrected chi connectivity index (χ2v) is 3.66. The van der Waals surface area contributed by atoms with Crippen molar-refractivity contribution in [3.8, 4) is 0 Å². The Bertz CT molecular complexity index is 129. The molecular formula is C7H10N. The van der Waals surface area contributed by atoms with E-state index in [-0.39, 0.29) is 0 Å². The first-order chi connectivity index (χ1) is 3.88. The normalized spacial score (nSPS) is 73.9. The molecule has 1 nitrogen and oxygen atoms in total. The van der Waals surface area contributed by atoms with Crippen molar-refractivity contribution in [3.05, 3.63) is 0 Å². The van der Waals surface area contributed by atoms with Gasteiger partial charge in [0.25, 0.3) is 0 Å². The fourth-order valence-electron chi connectivity index (χ4n) is 3.07. The molecule has 4 bridgehead atoms. The smallest absolute Gasteiger partial charge is 0.0275 e. The zero-order valence-corrected chi connectivity index (χ0v) is 4.80. The van der Waals surface area contributed by atoms with Crippen LogP contribution in [0.2, 0.25) is 0 Å². The molecule has 0 spiro atoms. The lowest BCUT2D eigenvalue weighted by Crippen LogP contribution is -2.12. The lowest BCUT2D eigenvalue weighted by atomic mass is 10.1. The van der Waals surface area contributed by atoms with Crippen LogP contribution in [0.25, 0.3) is 0 Å². The Balaban J connectivity index is 2.10. The van der Waals surface area contributed by atoms with Crippen LogP contribution in [0.4, 0.5) is 0 Å². The third-order valence-corrected chi connectivity index (χ3v) is 3.47. The summed E-state index contributed by atoms with van der Waals surface area (Å²) in [6, 6.07) is 0.380. The van der Waals surface area contributed by atoms with Gasteiger partial charge in [0.1, 0.15) is 0 Å². The van der Waals surface area contributed by atoms with Crippen molar-refractivity contribution in [1.29, 1.82) is 0 Å². The van der Waals surface area contributed by atoms with Gasteiger partial charge in [-0.3, -0.25) is 5.73 Å². The SMILES string of the molecule is [NH]C1C2CC3C(C2)C13. The number of nitrogens with one attached hydrogen (secondary N) is 1. The summed E-state index contributed by atoms with van der Waals surface area (Å²) < 4.78 is 0. The van der Waals surface area contributed by atoms with Gasteiger partial charge in [0.15, 0.2) is 0 Å². The minimum Gasteiger partial charge on any atom is -0.254 e. The monoisotopic (exact) mass is 108 g/mol. The summed E-state index contributed by atoms with van der Waals surface area (Å²) in [6.45, 7) is 0. The van der Waals surface area contributed by atoms with Gasteiger partial charge in [0, 0.05) is 6.04 Å². The standard InChI is InChI=1S/C7H10N/c8-7-3-1-4-5(2-3)6(4)7/h3-8H,1-2H2. The first-order valence-electron chi connectivity index (χ1n) is 3.59. The van der Waals surface area contributed by atoms with Crippen molar-refractivity contribution in [1.82, 2.24) is 5.73 Å². The van der Waals surface area contributed by atoms with Crippen LogP contribution in [0.5, 0.6) is 0 Å². The first kappa shape index (κ1) is 3.89. The fourth-order valence-corrected chi connectivity index (χ4v) is 3.07. The van der Waals surface area contributed by atoms with Gasteiger partial charge in [0.05, 0.1) is 0 Å². The van der Waals surface area contributed by atoms with Gasteiger partial charge in [-0.2, -0.15) is 0 Å². The van der Waals surface area contributed by atoms with Crippen LogP contribution in [0.3, 0.4) is 0 Å². The van der Waals surface area contributed by atoms with Gasteiger partial charge in [0.2, 0.25) is 0 Å². The van der Waals surface area contributed by atoms with Gasteiger partial charge in [-0.15, -0.1) is 0 Å². The minimum atomic E-state index is 0.380. The third-order valence-electron chi connectivity index (χ3n) is 3.47. The Morgan fingerprint density at radius 3 is 1.88 bits per heavy atom. The summed E-state index contributed by atoms with van der Waals surface area (Å²) in [6.07, 6.45) is 2.84. The lowest BCUT2D eigenvalue weighted by Gasteiger charge is -2.03. The largest absolute Gasteiger partial charge is 0.254 e. The van der Waals surface area contributed by atoms with Crippen molar-refractivity contribution < 1.29 is 0 Å². The molecule has 3 unspecified atom stereocenters. The van der Waals surface area contributed by atoms with E-state index in [9.17, 15) is 0 Å². The van der Waals surface area contributed by atoms with Crippen LogP contribution in [-0.4, -0.2) is 6.04 Å². The molecule has 0 aliphatic heterocycles. The molecule has 0 amide bonds. The molecule has 43 valence electrons. The van der Waals surface area contributed by atoms with Gasteiger partial charge >= 0.3 is 0 Å². The zero-order valence-electron chi connectivity index (χ0n) is 4.80. The molecule has 4 fully saturated rings. The zero-order chi connectivity index (χ0) is 5.30. The van der Waals surface area contributed by atoms with E-state index in [4.69, 9.17) is 5.73 Å². The van der Waals surface area contributed by atoms with Crippen LogP contribution in [0, 0.1) is 23.7 Å². The summed E-state index contributed by atoms with van der Waals surface area (Å²) in [7, 11) is 0. The highest BCUT2D eigenvalue weighted by atomic mass is 14.8. The van der Waals surface area contributed by atoms with E-state index in [1.165, 1.54) is 12.8 Å². The van der Waals surface area contributed by atoms with E-state index in [2.05, 4.69) is 0 Å². The molecule has 3 atom stereocenters. The maximum atomic E-state index is 7.63. The topological polar surface area (TPSA) is 23.8 Å². The highest BCUT2D eigenvalue weighted by Crippen LogP contribution is 2.70. The third kappa shape index (κ3) is 0.218. The molecule has 0 heterocycles. The highest BCUT2D eigenvalue weighted by molar-refractivity contribution is 5.18. The van der Waals surface area contributed by atoms with Crippen LogP contribution in [-0.2, 0) is 0 Å². The summed E-state index contributed by atoms with van der Waals surface area (Å²) >= 11 is 0. The van der Waals surface area contributed by atoms with Gasteiger partial charge in [-0.1, -0.05) is 0 Å². The Labute approximate surface area is 49.3 Å². The average Bonchev–Trinajstić information content (AvgIpc) is 2.23. The quantitative estimate of drug-likeness (QED) is 0.440. The van der Waals surface area contributed by atoms with E-state index in [0.29, 0.717) is 6.04 Å². The van der Waals surface area contributed by atoms with Crippen molar-refractivity contribution >= 4 is 0 Å². The minimum absolute atomic E-state index is 0.380. The molecule has 1 radical (unpaired) electrons. The maximum absolute atomic E-state index is 7.63. The second-order valence-electron chi connectivity index (χ2n) is 3.66. The molecule has 0 aromatic carbocycles. The van der Waals surface area contributed by atoms with E-state index < -0.39 is 0 Å². The Morgan fingerprint density at radius 2 is 1.75 bits per heavy atom. The van der Waals surface area contributed by atoms with Crippen molar-refractivity contribution in [2.45, 2.75) is 18.9 Å². The molecule has 1 N–H and O–H groups in total. The Kier molecular flexibility index (Phi) is 0.418. The predicted octanol–water partition coefficient (Wildman–Crippen LogP) is 0.924. The average molecular weight is 108 g/mol. The summed E-state index contributed by atoms with van der Waals surface area (Å²) in [5, 5.41) is 0. The molecule has 1 heteroatoms. The summed E-state index contributed by atoms with van der Waals surface area (Å²) in [5.74, 6) is 3.82. The molecule has 4 aliphatic rings. The molecular weight excluding hydrogens is 98.1 g/mol. The van der Waals surface area contributed by atoms with Crippen LogP contribution in [0.15, 0.2) is 0 Å². The molecule has 4 rings (SSSR count). The molecule has 0 aromatic heterocycles. The fraction of sp³-hybridized carbons (Fsp3) is 1.00. The Hall–Kier alpha value is -0.0400. The van der Waals surface area contributed by atoms with Gasteiger partial charge in [-0.05, 0) is 36.5 Å². The summed E-state index contributed by atoms with van der Waals surface area (Å²) in [5.41, 5.74) is 7.63. The van der Waals surface area contributed by atoms with Crippen molar-refractivity contribution in [2.75, 3.05) is 0 Å². The second kappa shape index (κ2) is 0.860.